The number of hydrogen-bond acceptors (Lipinski definition) is 8. The molecule has 0 unspecified atom stereocenters. The van der Waals surface area contributed by atoms with E-state index in [2.05, 4.69) is 25.7 Å². The van der Waals surface area contributed by atoms with Crippen LogP contribution in [0.5, 0.6) is 11.5 Å². The van der Waals surface area contributed by atoms with Crippen LogP contribution in [0.15, 0.2) is 41.4 Å². The predicted molar refractivity (Wildman–Crippen MR) is 170 cm³/mol. The summed E-state index contributed by atoms with van der Waals surface area (Å²) in [7, 11) is 2.88. The number of allylic oxidation sites excluding steroid dienone is 1. The van der Waals surface area contributed by atoms with Crippen molar-refractivity contribution in [1.29, 1.82) is 0 Å². The van der Waals surface area contributed by atoms with E-state index < -0.39 is 41.4 Å². The van der Waals surface area contributed by atoms with E-state index in [0.717, 1.165) is 23.6 Å². The molecule has 3 heterocycles. The molecule has 2 aliphatic rings. The number of carbonyl (C=O) groups excluding carboxylic acids is 3. The Morgan fingerprint density at radius 1 is 1.17 bits per heavy atom. The molecule has 3 atom stereocenters. The lowest BCUT2D eigenvalue weighted by atomic mass is 10.1. The molecule has 1 fully saturated rings. The maximum Gasteiger partial charge on any atom is 0.435 e. The highest BCUT2D eigenvalue weighted by Gasteiger charge is 2.61. The zero-order valence-electron chi connectivity index (χ0n) is 27.0. The molecule has 0 bridgehead atoms. The molecule has 3 aromatic rings. The molecule has 0 radical (unpaired) electrons. The summed E-state index contributed by atoms with van der Waals surface area (Å²) in [6.07, 6.45) is 3.03. The SMILES string of the molecule is CCOC(=O)[C@@]12C[C@H]1/C=C\CCC/C=N/C(=O)N[C@@H](CCOc1cc(-c3cc(C(F)(F)F)nn3C)nc3c(C)c(OC)ccc13)C(=O)N2. The number of benzene rings is 1. The van der Waals surface area contributed by atoms with E-state index in [4.69, 9.17) is 14.2 Å². The third-order valence-electron chi connectivity index (χ3n) is 8.36. The highest BCUT2D eigenvalue weighted by molar-refractivity contribution is 5.96. The largest absolute Gasteiger partial charge is 0.496 e. The zero-order valence-corrected chi connectivity index (χ0v) is 27.0. The minimum absolute atomic E-state index is 0.0370. The number of pyridine rings is 1. The number of nitrogens with zero attached hydrogens (tertiary/aromatic N) is 4. The smallest absolute Gasteiger partial charge is 0.435 e. The number of carbonyl (C=O) groups is 3. The van der Waals surface area contributed by atoms with E-state index in [0.29, 0.717) is 35.1 Å². The second-order valence-electron chi connectivity index (χ2n) is 11.6. The first-order chi connectivity index (χ1) is 22.9. The Hall–Kier alpha value is -4.95. The van der Waals surface area contributed by atoms with E-state index in [-0.39, 0.29) is 42.7 Å². The first-order valence-electron chi connectivity index (χ1n) is 15.6. The summed E-state index contributed by atoms with van der Waals surface area (Å²) in [4.78, 5) is 47.8. The number of fused-ring (bicyclic) bond motifs is 2. The molecule has 0 spiro atoms. The monoisotopic (exact) mass is 670 g/mol. The Bertz CT molecular complexity index is 1770. The first kappa shape index (κ1) is 34.4. The lowest BCUT2D eigenvalue weighted by Crippen LogP contribution is -2.54. The zero-order chi connectivity index (χ0) is 34.6. The van der Waals surface area contributed by atoms with Gasteiger partial charge in [0.15, 0.2) is 5.69 Å². The topological polar surface area (TPSA) is 146 Å². The van der Waals surface area contributed by atoms with E-state index in [1.54, 1.807) is 26.0 Å². The van der Waals surface area contributed by atoms with Gasteiger partial charge in [-0.25, -0.2) is 19.6 Å². The number of aryl methyl sites for hydroxylation is 2. The van der Waals surface area contributed by atoms with Gasteiger partial charge in [-0.15, -0.1) is 0 Å². The third-order valence-corrected chi connectivity index (χ3v) is 8.36. The lowest BCUT2D eigenvalue weighted by molar-refractivity contribution is -0.149. The molecule has 0 saturated heterocycles. The molecule has 12 nitrogen and oxygen atoms in total. The number of ether oxygens (including phenoxy) is 3. The van der Waals surface area contributed by atoms with Gasteiger partial charge >= 0.3 is 18.2 Å². The maximum atomic E-state index is 13.6. The highest BCUT2D eigenvalue weighted by atomic mass is 19.4. The van der Waals surface area contributed by atoms with Gasteiger partial charge in [0.05, 0.1) is 37.2 Å². The van der Waals surface area contributed by atoms with Crippen LogP contribution >= 0.6 is 0 Å². The van der Waals surface area contributed by atoms with Crippen molar-refractivity contribution in [3.05, 3.63) is 47.7 Å². The number of hydrogen-bond donors (Lipinski definition) is 2. The minimum atomic E-state index is -4.66. The number of aliphatic imine (C=N–C) groups is 1. The van der Waals surface area contributed by atoms with Crippen molar-refractivity contribution >= 4 is 35.0 Å². The van der Waals surface area contributed by atoms with Crippen LogP contribution in [0.2, 0.25) is 0 Å². The second-order valence-corrected chi connectivity index (χ2v) is 11.6. The summed E-state index contributed by atoms with van der Waals surface area (Å²) < 4.78 is 58.4. The molecule has 3 amide bonds. The van der Waals surface area contributed by atoms with Crippen LogP contribution in [0.4, 0.5) is 18.0 Å². The highest BCUT2D eigenvalue weighted by Crippen LogP contribution is 2.46. The molecule has 48 heavy (non-hydrogen) atoms. The van der Waals surface area contributed by atoms with Crippen LogP contribution in [0, 0.1) is 12.8 Å². The molecule has 5 rings (SSSR count). The van der Waals surface area contributed by atoms with Gasteiger partial charge in [0, 0.05) is 42.6 Å². The lowest BCUT2D eigenvalue weighted by Gasteiger charge is -2.23. The van der Waals surface area contributed by atoms with Gasteiger partial charge in [0.2, 0.25) is 5.91 Å². The molecule has 256 valence electrons. The van der Waals surface area contributed by atoms with Crippen molar-refractivity contribution in [2.45, 2.75) is 63.7 Å². The number of esters is 1. The fourth-order valence-corrected chi connectivity index (χ4v) is 5.69. The van der Waals surface area contributed by atoms with Crippen LogP contribution < -0.4 is 20.1 Å². The van der Waals surface area contributed by atoms with Crippen LogP contribution in [-0.4, -0.2) is 70.8 Å². The van der Waals surface area contributed by atoms with Gasteiger partial charge in [0.1, 0.15) is 23.1 Å². The summed E-state index contributed by atoms with van der Waals surface area (Å²) in [6, 6.07) is 3.97. The van der Waals surface area contributed by atoms with Crippen molar-refractivity contribution in [1.82, 2.24) is 25.4 Å². The number of halogens is 3. The van der Waals surface area contributed by atoms with Crippen molar-refractivity contribution < 1.29 is 41.8 Å². The molecular weight excluding hydrogens is 633 g/mol. The Kier molecular flexibility index (Phi) is 10.1. The van der Waals surface area contributed by atoms with Gasteiger partial charge in [-0.1, -0.05) is 12.2 Å². The molecule has 2 aromatic heterocycles. The number of amides is 3. The number of methoxy groups -OCH3 is 1. The Balaban J connectivity index is 1.44. The van der Waals surface area contributed by atoms with Gasteiger partial charge in [-0.05, 0) is 57.7 Å². The van der Waals surface area contributed by atoms with Crippen LogP contribution in [0.25, 0.3) is 22.3 Å². The van der Waals surface area contributed by atoms with Gasteiger partial charge in [-0.3, -0.25) is 9.48 Å². The molecular formula is C33H37F3N6O6. The summed E-state index contributed by atoms with van der Waals surface area (Å²) in [6.45, 7) is 3.47. The van der Waals surface area contributed by atoms with Crippen LogP contribution in [-0.2, 0) is 27.5 Å². The number of rotatable bonds is 8. The van der Waals surface area contributed by atoms with Crippen LogP contribution in [0.1, 0.15) is 50.3 Å². The summed E-state index contributed by atoms with van der Waals surface area (Å²) >= 11 is 0. The number of nitrogens with one attached hydrogen (secondary N) is 2. The Morgan fingerprint density at radius 2 is 1.96 bits per heavy atom. The standard InChI is InChI=1S/C33H37F3N6O6/c1-5-47-30(44)32-18-20(32)10-8-6-7-9-14-37-31(45)39-22(29(43)40-32)13-15-48-26-16-23(24-17-27(33(34,35)36)41-42(24)3)38-28-19(2)25(46-4)12-11-21(26)28/h8,10-12,14,16-17,20,22H,5-7,9,13,15,18H2,1-4H3,(H,39,45)(H,40,43)/b10-8-,37-14+/t20-,22+,32-/m1/s1. The maximum absolute atomic E-state index is 13.6. The van der Waals surface area contributed by atoms with Gasteiger partial charge in [0.25, 0.3) is 0 Å². The van der Waals surface area contributed by atoms with E-state index >= 15 is 0 Å². The average Bonchev–Trinajstić information content (AvgIpc) is 3.58. The first-order valence-corrected chi connectivity index (χ1v) is 15.6. The molecule has 1 aromatic carbocycles. The van der Waals surface area contributed by atoms with Gasteiger partial charge in [-0.2, -0.15) is 18.3 Å². The van der Waals surface area contributed by atoms with Crippen molar-refractivity contribution in [2.75, 3.05) is 20.3 Å². The summed E-state index contributed by atoms with van der Waals surface area (Å²) in [5.74, 6) is -0.626. The minimum Gasteiger partial charge on any atom is -0.496 e. The van der Waals surface area contributed by atoms with E-state index in [1.807, 2.05) is 12.2 Å². The fourth-order valence-electron chi connectivity index (χ4n) is 5.69. The fraction of sp³-hybridized carbons (Fsp3) is 0.455. The predicted octanol–water partition coefficient (Wildman–Crippen LogP) is 5.07. The number of aromatic nitrogens is 3. The van der Waals surface area contributed by atoms with E-state index in [1.165, 1.54) is 26.4 Å². The van der Waals surface area contributed by atoms with Gasteiger partial charge < -0.3 is 24.8 Å². The third kappa shape index (κ3) is 7.29. The Morgan fingerprint density at radius 3 is 2.67 bits per heavy atom. The van der Waals surface area contributed by atoms with Crippen molar-refractivity contribution in [3.8, 4) is 22.9 Å². The molecule has 15 heteroatoms. The summed E-state index contributed by atoms with van der Waals surface area (Å²) in [5, 5.41) is 9.58. The number of alkyl halides is 3. The quantitative estimate of drug-likeness (QED) is 0.250. The van der Waals surface area contributed by atoms with Crippen LogP contribution in [0.3, 0.4) is 0 Å². The summed E-state index contributed by atoms with van der Waals surface area (Å²) in [5.41, 5.74) is -0.983. The Labute approximate surface area is 274 Å². The normalized spacial score (nSPS) is 22.9. The molecule has 2 N–H and O–H groups in total. The number of urea groups is 1. The molecule has 1 aliphatic heterocycles. The average molecular weight is 671 g/mol. The van der Waals surface area contributed by atoms with E-state index in [9.17, 15) is 27.6 Å². The molecule has 1 aliphatic carbocycles. The van der Waals surface area contributed by atoms with Crippen molar-refractivity contribution in [3.63, 3.8) is 0 Å². The molecule has 1 saturated carbocycles. The second kappa shape index (κ2) is 14.0. The van der Waals surface area contributed by atoms with Crippen molar-refractivity contribution in [2.24, 2.45) is 18.0 Å².